The molecule has 7 rings (SSSR count). The number of benzene rings is 6. The minimum atomic E-state index is -1.58. The van der Waals surface area contributed by atoms with Gasteiger partial charge in [0.25, 0.3) is 0 Å². The number of rotatable bonds is 14. The Bertz CT molecular complexity index is 2820. The largest absolute Gasteiger partial charge is 0.459 e. The number of ether oxygens (including phenoxy) is 3. The van der Waals surface area contributed by atoms with E-state index in [1.54, 1.807) is 60.7 Å². The second-order valence-electron chi connectivity index (χ2n) is 13.5. The number of allylic oxidation sites excluding steroid dienone is 1. The van der Waals surface area contributed by atoms with Crippen LogP contribution < -0.4 is 17.1 Å². The van der Waals surface area contributed by atoms with Crippen LogP contribution in [0.3, 0.4) is 0 Å². The lowest BCUT2D eigenvalue weighted by Crippen LogP contribution is -2.56. The van der Waals surface area contributed by atoms with Gasteiger partial charge in [0.2, 0.25) is 0 Å². The predicted molar refractivity (Wildman–Crippen MR) is 217 cm³/mol. The van der Waals surface area contributed by atoms with Gasteiger partial charge in [0.05, 0.1) is 36.3 Å². The van der Waals surface area contributed by atoms with Crippen LogP contribution in [0.4, 0.5) is 0 Å². The highest BCUT2D eigenvalue weighted by Crippen LogP contribution is 2.29. The molecule has 0 bridgehead atoms. The summed E-state index contributed by atoms with van der Waals surface area (Å²) < 4.78 is 18.8. The van der Waals surface area contributed by atoms with Crippen molar-refractivity contribution in [2.45, 2.75) is 31.8 Å². The molecule has 292 valence electrons. The SMILES string of the molecule is C=CCn1c(=O)n(CC(O)COC(=O)c2c3ccccc3cc3ccccc23)c(=O)n(CC(COC(=O)c2ccc3ccccc3c2)OC(=O)c2ccccc2)c1=O. The van der Waals surface area contributed by atoms with Crippen molar-refractivity contribution in [2.24, 2.45) is 0 Å². The molecule has 0 aliphatic heterocycles. The van der Waals surface area contributed by atoms with Crippen LogP contribution >= 0.6 is 0 Å². The van der Waals surface area contributed by atoms with Gasteiger partial charge in [0.15, 0.2) is 6.10 Å². The van der Waals surface area contributed by atoms with E-state index in [4.69, 9.17) is 14.2 Å². The third kappa shape index (κ3) is 8.25. The molecule has 13 nitrogen and oxygen atoms in total. The minimum Gasteiger partial charge on any atom is -0.459 e. The first-order valence-corrected chi connectivity index (χ1v) is 18.4. The molecule has 6 aromatic carbocycles. The van der Waals surface area contributed by atoms with Crippen molar-refractivity contribution in [1.29, 1.82) is 0 Å². The third-order valence-corrected chi connectivity index (χ3v) is 9.53. The van der Waals surface area contributed by atoms with Crippen molar-refractivity contribution in [3.63, 3.8) is 0 Å². The summed E-state index contributed by atoms with van der Waals surface area (Å²) >= 11 is 0. The summed E-state index contributed by atoms with van der Waals surface area (Å²) in [4.78, 5) is 81.2. The van der Waals surface area contributed by atoms with Crippen molar-refractivity contribution in [1.82, 2.24) is 13.7 Å². The Kier molecular flexibility index (Phi) is 11.5. The summed E-state index contributed by atoms with van der Waals surface area (Å²) in [5, 5.41) is 15.7. The Morgan fingerprint density at radius 1 is 0.569 bits per heavy atom. The molecule has 0 saturated carbocycles. The summed E-state index contributed by atoms with van der Waals surface area (Å²) in [5.74, 6) is -2.30. The van der Waals surface area contributed by atoms with E-state index in [0.29, 0.717) is 24.5 Å². The zero-order valence-corrected chi connectivity index (χ0v) is 31.1. The fraction of sp³-hybridized carbons (Fsp3) is 0.156. The number of aromatic nitrogens is 3. The van der Waals surface area contributed by atoms with Crippen molar-refractivity contribution in [2.75, 3.05) is 13.2 Å². The smallest absolute Gasteiger partial charge is 0.339 e. The Labute approximate surface area is 330 Å². The molecule has 2 atom stereocenters. The van der Waals surface area contributed by atoms with Gasteiger partial charge in [-0.3, -0.25) is 0 Å². The van der Waals surface area contributed by atoms with Gasteiger partial charge in [-0.25, -0.2) is 42.5 Å². The lowest BCUT2D eigenvalue weighted by atomic mass is 9.97. The summed E-state index contributed by atoms with van der Waals surface area (Å²) in [7, 11) is 0. The van der Waals surface area contributed by atoms with Gasteiger partial charge < -0.3 is 19.3 Å². The maximum absolute atomic E-state index is 14.0. The van der Waals surface area contributed by atoms with Gasteiger partial charge >= 0.3 is 35.0 Å². The number of hydrogen-bond acceptors (Lipinski definition) is 10. The van der Waals surface area contributed by atoms with Crippen LogP contribution in [0.5, 0.6) is 0 Å². The molecular formula is C45H37N3O10. The lowest BCUT2D eigenvalue weighted by molar-refractivity contribution is -0.00633. The average molecular weight is 780 g/mol. The molecule has 7 aromatic rings. The van der Waals surface area contributed by atoms with Crippen molar-refractivity contribution in [3.05, 3.63) is 188 Å². The predicted octanol–water partition coefficient (Wildman–Crippen LogP) is 5.12. The summed E-state index contributed by atoms with van der Waals surface area (Å²) in [5.41, 5.74) is -2.61. The number of hydrogen-bond donors (Lipinski definition) is 1. The zero-order chi connectivity index (χ0) is 40.8. The zero-order valence-electron chi connectivity index (χ0n) is 31.1. The van der Waals surface area contributed by atoms with Crippen LogP contribution in [0, 0.1) is 0 Å². The quantitative estimate of drug-likeness (QED) is 0.0678. The molecule has 0 fully saturated rings. The first kappa shape index (κ1) is 38.9. The van der Waals surface area contributed by atoms with Crippen LogP contribution in [-0.4, -0.2) is 62.1 Å². The highest BCUT2D eigenvalue weighted by atomic mass is 16.6. The molecule has 2 unspecified atom stereocenters. The fourth-order valence-electron chi connectivity index (χ4n) is 6.71. The molecule has 1 aromatic heterocycles. The number of esters is 3. The summed E-state index contributed by atoms with van der Waals surface area (Å²) in [6.45, 7) is 0.791. The van der Waals surface area contributed by atoms with E-state index in [1.807, 2.05) is 54.6 Å². The highest BCUT2D eigenvalue weighted by molar-refractivity contribution is 6.16. The molecule has 0 spiro atoms. The second-order valence-corrected chi connectivity index (χ2v) is 13.5. The Morgan fingerprint density at radius 2 is 1.12 bits per heavy atom. The maximum Gasteiger partial charge on any atom is 0.339 e. The molecule has 1 heterocycles. The van der Waals surface area contributed by atoms with E-state index >= 15 is 0 Å². The number of carbonyl (C=O) groups excluding carboxylic acids is 3. The lowest BCUT2D eigenvalue weighted by Gasteiger charge is -2.21. The number of carbonyl (C=O) groups is 3. The molecule has 0 aliphatic carbocycles. The number of aliphatic hydroxyl groups is 1. The molecular weight excluding hydrogens is 743 g/mol. The maximum atomic E-state index is 14.0. The second kappa shape index (κ2) is 17.2. The molecule has 0 amide bonds. The van der Waals surface area contributed by atoms with Gasteiger partial charge in [-0.05, 0) is 62.6 Å². The number of fused-ring (bicyclic) bond motifs is 3. The Balaban J connectivity index is 1.15. The molecule has 0 aliphatic rings. The van der Waals surface area contributed by atoms with Crippen LogP contribution in [0.25, 0.3) is 32.3 Å². The van der Waals surface area contributed by atoms with Crippen molar-refractivity contribution >= 4 is 50.2 Å². The average Bonchev–Trinajstić information content (AvgIpc) is 3.25. The number of nitrogens with zero attached hydrogens (tertiary/aromatic N) is 3. The van der Waals surface area contributed by atoms with Crippen molar-refractivity contribution < 1.29 is 33.7 Å². The van der Waals surface area contributed by atoms with Crippen LogP contribution in [0.1, 0.15) is 31.1 Å². The van der Waals surface area contributed by atoms with Crippen LogP contribution in [0.15, 0.2) is 154 Å². The standard InChI is InChI=1S/C45H37N3O10/c1-2-22-46-43(53)47(25-35(49)27-56-42(52)39-37-18-10-8-16-32(37)24-33-17-9-11-19-38(33)39)45(55)48(44(46)54)26-36(58-41(51)30-13-4-3-5-14-30)28-57-40(50)34-21-20-29-12-6-7-15-31(29)23-34/h2-21,23-24,35-36,49H,1,22,25-28H2. The molecule has 0 saturated heterocycles. The first-order chi connectivity index (χ1) is 28.1. The van der Waals surface area contributed by atoms with E-state index in [1.165, 1.54) is 18.2 Å². The highest BCUT2D eigenvalue weighted by Gasteiger charge is 2.25. The normalized spacial score (nSPS) is 12.2. The third-order valence-electron chi connectivity index (χ3n) is 9.53. The molecule has 58 heavy (non-hydrogen) atoms. The minimum absolute atomic E-state index is 0.156. The van der Waals surface area contributed by atoms with Gasteiger partial charge in [0, 0.05) is 0 Å². The molecule has 0 radical (unpaired) electrons. The van der Waals surface area contributed by atoms with Gasteiger partial charge in [-0.2, -0.15) is 0 Å². The van der Waals surface area contributed by atoms with E-state index in [0.717, 1.165) is 21.5 Å². The first-order valence-electron chi connectivity index (χ1n) is 18.4. The van der Waals surface area contributed by atoms with Crippen LogP contribution in [-0.2, 0) is 33.8 Å². The van der Waals surface area contributed by atoms with Gasteiger partial charge in [0.1, 0.15) is 19.3 Å². The summed E-state index contributed by atoms with van der Waals surface area (Å²) in [6.07, 6.45) is -1.70. The molecule has 13 heteroatoms. The Hall–Kier alpha value is -7.38. The van der Waals surface area contributed by atoms with Gasteiger partial charge in [-0.15, -0.1) is 6.58 Å². The summed E-state index contributed by atoms with van der Waals surface area (Å²) in [6, 6.07) is 36.9. The Morgan fingerprint density at radius 3 is 1.78 bits per heavy atom. The van der Waals surface area contributed by atoms with E-state index in [-0.39, 0.29) is 23.2 Å². The topological polar surface area (TPSA) is 165 Å². The number of aliphatic hydroxyl groups excluding tert-OH is 1. The van der Waals surface area contributed by atoms with E-state index < -0.39 is 73.5 Å². The monoisotopic (exact) mass is 779 g/mol. The van der Waals surface area contributed by atoms with Crippen LogP contribution in [0.2, 0.25) is 0 Å². The van der Waals surface area contributed by atoms with Gasteiger partial charge in [-0.1, -0.05) is 103 Å². The molecule has 1 N–H and O–H groups in total. The van der Waals surface area contributed by atoms with E-state index in [9.17, 15) is 33.9 Å². The van der Waals surface area contributed by atoms with Crippen molar-refractivity contribution in [3.8, 4) is 0 Å². The fourth-order valence-corrected chi connectivity index (χ4v) is 6.71. The van der Waals surface area contributed by atoms with E-state index in [2.05, 4.69) is 6.58 Å².